The highest BCUT2D eigenvalue weighted by atomic mass is 16.5. The Hall–Kier alpha value is -0.860. The van der Waals surface area contributed by atoms with Crippen molar-refractivity contribution < 1.29 is 14.3 Å². The Morgan fingerprint density at radius 3 is 2.56 bits per heavy atom. The van der Waals surface area contributed by atoms with Crippen LogP contribution in [0.2, 0.25) is 0 Å². The fourth-order valence-electron chi connectivity index (χ4n) is 2.28. The van der Waals surface area contributed by atoms with Crippen LogP contribution in [0.5, 0.6) is 0 Å². The van der Waals surface area contributed by atoms with Crippen LogP contribution in [-0.2, 0) is 14.3 Å². The van der Waals surface area contributed by atoms with Crippen LogP contribution in [0.1, 0.15) is 47.0 Å². The standard InChI is InChI=1S/C13H22O3/c1-5-16-12(15)10-8-9(13(2,3)4)6-7-11(10)14/h9-10H,5-8H2,1-4H3/t9-,10+/m1/s1. The van der Waals surface area contributed by atoms with Crippen molar-refractivity contribution in [3.8, 4) is 0 Å². The van der Waals surface area contributed by atoms with E-state index in [0.29, 0.717) is 25.4 Å². The third kappa shape index (κ3) is 3.06. The lowest BCUT2D eigenvalue weighted by atomic mass is 9.69. The van der Waals surface area contributed by atoms with Gasteiger partial charge in [-0.2, -0.15) is 0 Å². The molecular formula is C13H22O3. The third-order valence-electron chi connectivity index (χ3n) is 3.44. The van der Waals surface area contributed by atoms with Crippen molar-refractivity contribution >= 4 is 11.8 Å². The minimum Gasteiger partial charge on any atom is -0.465 e. The molecule has 0 aromatic carbocycles. The fraction of sp³-hybridized carbons (Fsp3) is 0.846. The lowest BCUT2D eigenvalue weighted by Gasteiger charge is -2.36. The van der Waals surface area contributed by atoms with Gasteiger partial charge in [0.05, 0.1) is 6.61 Å². The van der Waals surface area contributed by atoms with E-state index in [2.05, 4.69) is 20.8 Å². The molecule has 92 valence electrons. The summed E-state index contributed by atoms with van der Waals surface area (Å²) in [5, 5.41) is 0. The molecule has 0 bridgehead atoms. The molecule has 1 saturated carbocycles. The maximum Gasteiger partial charge on any atom is 0.316 e. The largest absolute Gasteiger partial charge is 0.465 e. The van der Waals surface area contributed by atoms with Gasteiger partial charge >= 0.3 is 5.97 Å². The van der Waals surface area contributed by atoms with Crippen molar-refractivity contribution in [1.29, 1.82) is 0 Å². The molecule has 2 atom stereocenters. The molecule has 0 amide bonds. The van der Waals surface area contributed by atoms with E-state index in [9.17, 15) is 9.59 Å². The number of carbonyl (C=O) groups excluding carboxylic acids is 2. The minimum absolute atomic E-state index is 0.0546. The maximum atomic E-state index is 11.7. The zero-order chi connectivity index (χ0) is 12.3. The molecule has 0 radical (unpaired) electrons. The van der Waals surface area contributed by atoms with Gasteiger partial charge in [-0.3, -0.25) is 9.59 Å². The topological polar surface area (TPSA) is 43.4 Å². The van der Waals surface area contributed by atoms with E-state index in [4.69, 9.17) is 4.74 Å². The predicted octanol–water partition coefficient (Wildman–Crippen LogP) is 2.58. The number of esters is 1. The molecule has 16 heavy (non-hydrogen) atoms. The molecule has 1 rings (SSSR count). The summed E-state index contributed by atoms with van der Waals surface area (Å²) in [6.07, 6.45) is 2.07. The van der Waals surface area contributed by atoms with E-state index in [1.807, 2.05) is 0 Å². The van der Waals surface area contributed by atoms with E-state index in [1.165, 1.54) is 0 Å². The lowest BCUT2D eigenvalue weighted by molar-refractivity contribution is -0.154. The Bertz CT molecular complexity index is 275. The van der Waals surface area contributed by atoms with Crippen LogP contribution in [0.3, 0.4) is 0 Å². The zero-order valence-corrected chi connectivity index (χ0v) is 10.7. The molecule has 0 aromatic heterocycles. The van der Waals surface area contributed by atoms with Crippen molar-refractivity contribution in [2.24, 2.45) is 17.3 Å². The third-order valence-corrected chi connectivity index (χ3v) is 3.44. The molecule has 0 heterocycles. The Morgan fingerprint density at radius 1 is 1.44 bits per heavy atom. The SMILES string of the molecule is CCOC(=O)[C@H]1C[C@H](C(C)(C)C)CCC1=O. The fourth-order valence-corrected chi connectivity index (χ4v) is 2.28. The molecule has 0 N–H and O–H groups in total. The molecule has 0 unspecified atom stereocenters. The van der Waals surface area contributed by atoms with E-state index in [-0.39, 0.29) is 17.2 Å². The highest BCUT2D eigenvalue weighted by Crippen LogP contribution is 2.39. The van der Waals surface area contributed by atoms with Crippen molar-refractivity contribution in [3.63, 3.8) is 0 Å². The number of ketones is 1. The average Bonchev–Trinajstić information content (AvgIpc) is 2.16. The quantitative estimate of drug-likeness (QED) is 0.537. The number of rotatable bonds is 2. The van der Waals surface area contributed by atoms with Gasteiger partial charge in [0.1, 0.15) is 11.7 Å². The highest BCUT2D eigenvalue weighted by Gasteiger charge is 2.38. The van der Waals surface area contributed by atoms with Gasteiger partial charge in [-0.05, 0) is 31.1 Å². The first kappa shape index (κ1) is 13.2. The molecule has 1 aliphatic rings. The molecule has 3 nitrogen and oxygen atoms in total. The smallest absolute Gasteiger partial charge is 0.316 e. The van der Waals surface area contributed by atoms with Gasteiger partial charge in [-0.25, -0.2) is 0 Å². The summed E-state index contributed by atoms with van der Waals surface area (Å²) in [7, 11) is 0. The van der Waals surface area contributed by atoms with Crippen molar-refractivity contribution in [2.75, 3.05) is 6.61 Å². The normalized spacial score (nSPS) is 26.6. The Morgan fingerprint density at radius 2 is 2.06 bits per heavy atom. The van der Waals surface area contributed by atoms with Crippen LogP contribution >= 0.6 is 0 Å². The predicted molar refractivity (Wildman–Crippen MR) is 61.9 cm³/mol. The summed E-state index contributed by atoms with van der Waals surface area (Å²) in [4.78, 5) is 23.3. The zero-order valence-electron chi connectivity index (χ0n) is 10.7. The number of hydrogen-bond donors (Lipinski definition) is 0. The van der Waals surface area contributed by atoms with Crippen molar-refractivity contribution in [2.45, 2.75) is 47.0 Å². The van der Waals surface area contributed by atoms with Gasteiger partial charge in [0, 0.05) is 6.42 Å². The van der Waals surface area contributed by atoms with Crippen molar-refractivity contribution in [1.82, 2.24) is 0 Å². The molecule has 0 spiro atoms. The summed E-state index contributed by atoms with van der Waals surface area (Å²) < 4.78 is 4.95. The van der Waals surface area contributed by atoms with Crippen LogP contribution in [0.4, 0.5) is 0 Å². The molecule has 0 aromatic rings. The summed E-state index contributed by atoms with van der Waals surface area (Å²) >= 11 is 0. The van der Waals surface area contributed by atoms with E-state index >= 15 is 0 Å². The minimum atomic E-state index is -0.516. The molecule has 0 saturated heterocycles. The summed E-state index contributed by atoms with van der Waals surface area (Å²) in [6.45, 7) is 8.61. The first-order chi connectivity index (χ1) is 7.36. The molecular weight excluding hydrogens is 204 g/mol. The summed E-state index contributed by atoms with van der Waals surface area (Å²) in [5.74, 6) is -0.363. The summed E-state index contributed by atoms with van der Waals surface area (Å²) in [5.41, 5.74) is 0.158. The van der Waals surface area contributed by atoms with Crippen LogP contribution in [0, 0.1) is 17.3 Å². The Kier molecular flexibility index (Phi) is 4.11. The maximum absolute atomic E-state index is 11.7. The molecule has 3 heteroatoms. The van der Waals surface area contributed by atoms with E-state index in [0.717, 1.165) is 6.42 Å². The number of carbonyl (C=O) groups is 2. The van der Waals surface area contributed by atoms with E-state index in [1.54, 1.807) is 6.92 Å². The van der Waals surface area contributed by atoms with Gasteiger partial charge in [0.15, 0.2) is 0 Å². The van der Waals surface area contributed by atoms with Gasteiger partial charge < -0.3 is 4.74 Å². The molecule has 1 aliphatic carbocycles. The second-order valence-electron chi connectivity index (χ2n) is 5.61. The second kappa shape index (κ2) is 4.98. The summed E-state index contributed by atoms with van der Waals surface area (Å²) in [6, 6.07) is 0. The van der Waals surface area contributed by atoms with Crippen LogP contribution in [0.15, 0.2) is 0 Å². The van der Waals surface area contributed by atoms with Crippen LogP contribution < -0.4 is 0 Å². The second-order valence-corrected chi connectivity index (χ2v) is 5.61. The number of Topliss-reactive ketones (excluding diaryl/α,β-unsaturated/α-hetero) is 1. The van der Waals surface area contributed by atoms with Gasteiger partial charge in [-0.1, -0.05) is 20.8 Å². The Balaban J connectivity index is 2.69. The van der Waals surface area contributed by atoms with Crippen LogP contribution in [-0.4, -0.2) is 18.4 Å². The molecule has 1 fully saturated rings. The van der Waals surface area contributed by atoms with E-state index < -0.39 is 5.92 Å². The van der Waals surface area contributed by atoms with Crippen LogP contribution in [0.25, 0.3) is 0 Å². The molecule has 0 aliphatic heterocycles. The first-order valence-electron chi connectivity index (χ1n) is 6.05. The average molecular weight is 226 g/mol. The van der Waals surface area contributed by atoms with Gasteiger partial charge in [0.25, 0.3) is 0 Å². The number of ether oxygens (including phenoxy) is 1. The Labute approximate surface area is 97.5 Å². The lowest BCUT2D eigenvalue weighted by Crippen LogP contribution is -2.36. The van der Waals surface area contributed by atoms with Gasteiger partial charge in [0.2, 0.25) is 0 Å². The number of hydrogen-bond acceptors (Lipinski definition) is 3. The monoisotopic (exact) mass is 226 g/mol. The highest BCUT2D eigenvalue weighted by molar-refractivity contribution is 5.99. The van der Waals surface area contributed by atoms with Gasteiger partial charge in [-0.15, -0.1) is 0 Å². The van der Waals surface area contributed by atoms with Crippen molar-refractivity contribution in [3.05, 3.63) is 0 Å². The first-order valence-corrected chi connectivity index (χ1v) is 6.05.